The Labute approximate surface area is 62.9 Å². The summed E-state index contributed by atoms with van der Waals surface area (Å²) in [6, 6.07) is 0. The predicted molar refractivity (Wildman–Crippen MR) is 35.0 cm³/mol. The van der Waals surface area contributed by atoms with Crippen molar-refractivity contribution in [3.8, 4) is 0 Å². The van der Waals surface area contributed by atoms with Gasteiger partial charge in [-0.15, -0.1) is 0 Å². The van der Waals surface area contributed by atoms with Crippen molar-refractivity contribution in [1.29, 1.82) is 0 Å². The van der Waals surface area contributed by atoms with E-state index in [-0.39, 0.29) is 12.0 Å². The monoisotopic (exact) mass is 166 g/mol. The number of alkyl halides is 3. The maximum Gasteiger partial charge on any atom is 0.409 e. The molecule has 11 heavy (non-hydrogen) atoms. The Morgan fingerprint density at radius 2 is 1.82 bits per heavy atom. The van der Waals surface area contributed by atoms with E-state index < -0.39 is 12.0 Å². The van der Waals surface area contributed by atoms with Crippen LogP contribution in [0.1, 0.15) is 13.8 Å². The lowest BCUT2D eigenvalue weighted by molar-refractivity contribution is -0.118. The number of allylic oxidation sites excluding steroid dienone is 2. The number of halogens is 3. The molecule has 0 atom stereocenters. The van der Waals surface area contributed by atoms with Crippen molar-refractivity contribution in [1.82, 2.24) is 0 Å². The van der Waals surface area contributed by atoms with Gasteiger partial charge in [0.1, 0.15) is 0 Å². The van der Waals surface area contributed by atoms with E-state index in [4.69, 9.17) is 0 Å². The van der Waals surface area contributed by atoms with Gasteiger partial charge in [-0.2, -0.15) is 13.2 Å². The van der Waals surface area contributed by atoms with Gasteiger partial charge in [0.2, 0.25) is 0 Å². The number of rotatable bonds is 2. The number of carbonyl (C=O) groups is 1. The van der Waals surface area contributed by atoms with Crippen LogP contribution < -0.4 is 0 Å². The standard InChI is InChI=1S/C7H9F3O/c1-5(2)6(11)3-4-7(8,9)10/h3-5H,1-2H3/b4-3+. The molecule has 0 aliphatic heterocycles. The van der Waals surface area contributed by atoms with Crippen molar-refractivity contribution < 1.29 is 18.0 Å². The lowest BCUT2D eigenvalue weighted by atomic mass is 10.1. The molecule has 0 spiro atoms. The molecule has 0 N–H and O–H groups in total. The van der Waals surface area contributed by atoms with E-state index in [1.807, 2.05) is 0 Å². The van der Waals surface area contributed by atoms with Gasteiger partial charge in [-0.3, -0.25) is 4.79 Å². The van der Waals surface area contributed by atoms with Crippen molar-refractivity contribution in [2.75, 3.05) is 0 Å². The molecule has 0 saturated heterocycles. The molecule has 0 amide bonds. The van der Waals surface area contributed by atoms with Crippen molar-refractivity contribution >= 4 is 5.78 Å². The second-order valence-electron chi connectivity index (χ2n) is 2.43. The molecule has 4 heteroatoms. The fourth-order valence-corrected chi connectivity index (χ4v) is 0.369. The Kier molecular flexibility index (Phi) is 3.29. The van der Waals surface area contributed by atoms with Crippen LogP contribution in [0, 0.1) is 5.92 Å². The molecule has 0 heterocycles. The molecule has 0 fully saturated rings. The van der Waals surface area contributed by atoms with Crippen LogP contribution in [0.5, 0.6) is 0 Å². The second-order valence-corrected chi connectivity index (χ2v) is 2.43. The summed E-state index contributed by atoms with van der Waals surface area (Å²) >= 11 is 0. The number of carbonyl (C=O) groups excluding carboxylic acids is 1. The zero-order valence-corrected chi connectivity index (χ0v) is 6.27. The summed E-state index contributed by atoms with van der Waals surface area (Å²) in [6.45, 7) is 3.09. The van der Waals surface area contributed by atoms with E-state index >= 15 is 0 Å². The first-order valence-electron chi connectivity index (χ1n) is 3.13. The zero-order chi connectivity index (χ0) is 9.07. The highest BCUT2D eigenvalue weighted by Crippen LogP contribution is 2.16. The molecular formula is C7H9F3O. The summed E-state index contributed by atoms with van der Waals surface area (Å²) in [4.78, 5) is 10.6. The first-order valence-corrected chi connectivity index (χ1v) is 3.13. The summed E-state index contributed by atoms with van der Waals surface area (Å²) in [7, 11) is 0. The van der Waals surface area contributed by atoms with Gasteiger partial charge in [-0.05, 0) is 6.08 Å². The lowest BCUT2D eigenvalue weighted by Crippen LogP contribution is -2.07. The molecule has 1 nitrogen and oxygen atoms in total. The first-order chi connectivity index (χ1) is 4.83. The molecule has 0 bridgehead atoms. The van der Waals surface area contributed by atoms with Crippen molar-refractivity contribution in [2.45, 2.75) is 20.0 Å². The van der Waals surface area contributed by atoms with Gasteiger partial charge in [0, 0.05) is 12.0 Å². The molecule has 0 aliphatic carbocycles. The third kappa shape index (κ3) is 5.63. The number of hydrogen-bond donors (Lipinski definition) is 0. The largest absolute Gasteiger partial charge is 0.409 e. The van der Waals surface area contributed by atoms with E-state index in [0.717, 1.165) is 0 Å². The minimum atomic E-state index is -4.38. The van der Waals surface area contributed by atoms with Gasteiger partial charge in [0.15, 0.2) is 5.78 Å². The SMILES string of the molecule is CC(C)C(=O)/C=C/C(F)(F)F. The van der Waals surface area contributed by atoms with Gasteiger partial charge in [-0.25, -0.2) is 0 Å². The highest BCUT2D eigenvalue weighted by Gasteiger charge is 2.22. The number of hydrogen-bond acceptors (Lipinski definition) is 1. The Morgan fingerprint density at radius 1 is 1.36 bits per heavy atom. The molecule has 0 radical (unpaired) electrons. The fraction of sp³-hybridized carbons (Fsp3) is 0.571. The topological polar surface area (TPSA) is 17.1 Å². The Hall–Kier alpha value is -0.800. The van der Waals surface area contributed by atoms with Crippen LogP contribution in [-0.2, 0) is 4.79 Å². The Morgan fingerprint density at radius 3 is 2.09 bits per heavy atom. The highest BCUT2D eigenvalue weighted by molar-refractivity contribution is 5.91. The molecule has 0 aromatic carbocycles. The Balaban J connectivity index is 4.05. The lowest BCUT2D eigenvalue weighted by Gasteiger charge is -1.99. The van der Waals surface area contributed by atoms with E-state index in [1.165, 1.54) is 0 Å². The normalized spacial score (nSPS) is 12.9. The third-order valence-electron chi connectivity index (χ3n) is 1.01. The first kappa shape index (κ1) is 10.2. The highest BCUT2D eigenvalue weighted by atomic mass is 19.4. The van der Waals surface area contributed by atoms with Gasteiger partial charge in [0.05, 0.1) is 0 Å². The molecule has 0 aromatic rings. The molecule has 64 valence electrons. The summed E-state index contributed by atoms with van der Waals surface area (Å²) in [6.07, 6.45) is -3.87. The van der Waals surface area contributed by atoms with Crippen molar-refractivity contribution in [3.05, 3.63) is 12.2 Å². The summed E-state index contributed by atoms with van der Waals surface area (Å²) < 4.78 is 34.3. The summed E-state index contributed by atoms with van der Waals surface area (Å²) in [5, 5.41) is 0. The van der Waals surface area contributed by atoms with E-state index in [1.54, 1.807) is 13.8 Å². The van der Waals surface area contributed by atoms with Gasteiger partial charge in [0.25, 0.3) is 0 Å². The molecule has 0 aliphatic rings. The smallest absolute Gasteiger partial charge is 0.295 e. The van der Waals surface area contributed by atoms with E-state index in [9.17, 15) is 18.0 Å². The van der Waals surface area contributed by atoms with Crippen LogP contribution in [0.15, 0.2) is 12.2 Å². The maximum atomic E-state index is 11.4. The zero-order valence-electron chi connectivity index (χ0n) is 6.27. The fourth-order valence-electron chi connectivity index (χ4n) is 0.369. The molecule has 0 saturated carbocycles. The van der Waals surface area contributed by atoms with E-state index in [0.29, 0.717) is 6.08 Å². The molecule has 0 rings (SSSR count). The van der Waals surface area contributed by atoms with Crippen LogP contribution in [0.4, 0.5) is 13.2 Å². The van der Waals surface area contributed by atoms with Crippen LogP contribution in [-0.4, -0.2) is 12.0 Å². The van der Waals surface area contributed by atoms with Crippen LogP contribution in [0.3, 0.4) is 0 Å². The number of ketones is 1. The summed E-state index contributed by atoms with van der Waals surface area (Å²) in [5.41, 5.74) is 0. The summed E-state index contributed by atoms with van der Waals surface area (Å²) in [5.74, 6) is -0.893. The van der Waals surface area contributed by atoms with Crippen molar-refractivity contribution in [3.63, 3.8) is 0 Å². The van der Waals surface area contributed by atoms with Crippen LogP contribution in [0.25, 0.3) is 0 Å². The third-order valence-corrected chi connectivity index (χ3v) is 1.01. The average Bonchev–Trinajstić information content (AvgIpc) is 1.80. The van der Waals surface area contributed by atoms with E-state index in [2.05, 4.69) is 0 Å². The molecule has 0 aromatic heterocycles. The van der Waals surface area contributed by atoms with Gasteiger partial charge in [-0.1, -0.05) is 13.8 Å². The molecular weight excluding hydrogens is 157 g/mol. The molecule has 0 unspecified atom stereocenters. The van der Waals surface area contributed by atoms with Gasteiger partial charge < -0.3 is 0 Å². The minimum absolute atomic E-state index is 0.0463. The average molecular weight is 166 g/mol. The quantitative estimate of drug-likeness (QED) is 0.575. The minimum Gasteiger partial charge on any atom is -0.295 e. The second kappa shape index (κ2) is 3.55. The maximum absolute atomic E-state index is 11.4. The Bertz CT molecular complexity index is 167. The van der Waals surface area contributed by atoms with Crippen LogP contribution >= 0.6 is 0 Å². The predicted octanol–water partition coefficient (Wildman–Crippen LogP) is 2.33. The van der Waals surface area contributed by atoms with Crippen LogP contribution in [0.2, 0.25) is 0 Å². The van der Waals surface area contributed by atoms with Gasteiger partial charge >= 0.3 is 6.18 Å². The van der Waals surface area contributed by atoms with Crippen molar-refractivity contribution in [2.24, 2.45) is 5.92 Å².